The minimum Gasteiger partial charge on any atom is -0.481 e. The molecule has 2 nitrogen and oxygen atoms in total. The van der Waals surface area contributed by atoms with E-state index in [1.165, 1.54) is 0 Å². The van der Waals surface area contributed by atoms with Crippen molar-refractivity contribution < 1.29 is 4.74 Å². The van der Waals surface area contributed by atoms with Crippen LogP contribution in [0.5, 0.6) is 0 Å². The zero-order valence-corrected chi connectivity index (χ0v) is 10.9. The van der Waals surface area contributed by atoms with Gasteiger partial charge >= 0.3 is 0 Å². The van der Waals surface area contributed by atoms with Gasteiger partial charge in [0.15, 0.2) is 0 Å². The van der Waals surface area contributed by atoms with E-state index in [2.05, 4.69) is 18.2 Å². The fraction of sp³-hybridized carbons (Fsp3) is 0.357. The van der Waals surface area contributed by atoms with Gasteiger partial charge in [-0.2, -0.15) is 0 Å². The number of methoxy groups -OCH3 is 1. The number of hydrogen-bond donors (Lipinski definition) is 0. The standard InChI is InChI=1S/C14H21NO/c1-10(2)8-9-13(11(3)4)14(16-7)15-12(5)6/h8-9H,1,5H2,2-4,6-7H3/b9-8-,15-14+. The number of allylic oxidation sites excluding steroid dienone is 4. The van der Waals surface area contributed by atoms with Crippen LogP contribution in [0.15, 0.2) is 52.7 Å². The van der Waals surface area contributed by atoms with Crippen molar-refractivity contribution in [2.24, 2.45) is 4.99 Å². The highest BCUT2D eigenvalue weighted by Gasteiger charge is 2.05. The van der Waals surface area contributed by atoms with Crippen molar-refractivity contribution in [3.63, 3.8) is 0 Å². The molecule has 0 amide bonds. The molecule has 0 radical (unpaired) electrons. The number of ether oxygens (including phenoxy) is 1. The topological polar surface area (TPSA) is 21.6 Å². The summed E-state index contributed by atoms with van der Waals surface area (Å²) in [5.41, 5.74) is 3.82. The summed E-state index contributed by atoms with van der Waals surface area (Å²) in [7, 11) is 1.61. The maximum absolute atomic E-state index is 5.27. The van der Waals surface area contributed by atoms with Crippen LogP contribution in [0.25, 0.3) is 0 Å². The smallest absolute Gasteiger partial charge is 0.220 e. The number of rotatable bonds is 4. The molecule has 0 unspecified atom stereocenters. The van der Waals surface area contributed by atoms with Crippen molar-refractivity contribution in [3.05, 3.63) is 47.7 Å². The van der Waals surface area contributed by atoms with E-state index < -0.39 is 0 Å². The Morgan fingerprint density at radius 3 is 1.94 bits per heavy atom. The lowest BCUT2D eigenvalue weighted by Crippen LogP contribution is -2.05. The maximum atomic E-state index is 5.27. The molecule has 0 fully saturated rings. The third kappa shape index (κ3) is 5.35. The van der Waals surface area contributed by atoms with Gasteiger partial charge in [-0.05, 0) is 33.8 Å². The lowest BCUT2D eigenvalue weighted by molar-refractivity contribution is 0.403. The predicted molar refractivity (Wildman–Crippen MR) is 71.6 cm³/mol. The van der Waals surface area contributed by atoms with Crippen molar-refractivity contribution in [2.45, 2.75) is 27.7 Å². The molecule has 0 aromatic carbocycles. The van der Waals surface area contributed by atoms with Crippen molar-refractivity contribution >= 4 is 5.90 Å². The first-order valence-electron chi connectivity index (χ1n) is 5.18. The van der Waals surface area contributed by atoms with Gasteiger partial charge in [-0.25, -0.2) is 4.99 Å². The molecule has 0 heterocycles. The van der Waals surface area contributed by atoms with E-state index in [1.54, 1.807) is 7.11 Å². The Bertz CT molecular complexity index is 366. The van der Waals surface area contributed by atoms with Crippen LogP contribution < -0.4 is 0 Å². The summed E-state index contributed by atoms with van der Waals surface area (Å²) in [5, 5.41) is 0. The van der Waals surface area contributed by atoms with Crippen molar-refractivity contribution in [1.82, 2.24) is 0 Å². The first-order chi connectivity index (χ1) is 7.38. The van der Waals surface area contributed by atoms with E-state index >= 15 is 0 Å². The number of aliphatic imine (C=N–C) groups is 1. The fourth-order valence-corrected chi connectivity index (χ4v) is 1.07. The molecular formula is C14H21NO. The first kappa shape index (κ1) is 14.4. The second kappa shape index (κ2) is 6.83. The molecule has 0 aliphatic rings. The van der Waals surface area contributed by atoms with Crippen LogP contribution in [0.4, 0.5) is 0 Å². The molecule has 0 aliphatic carbocycles. The molecule has 0 aliphatic heterocycles. The monoisotopic (exact) mass is 219 g/mol. The van der Waals surface area contributed by atoms with E-state index in [0.717, 1.165) is 22.4 Å². The van der Waals surface area contributed by atoms with E-state index in [4.69, 9.17) is 4.74 Å². The van der Waals surface area contributed by atoms with Gasteiger partial charge in [0.05, 0.1) is 7.11 Å². The van der Waals surface area contributed by atoms with Gasteiger partial charge in [0.1, 0.15) is 0 Å². The van der Waals surface area contributed by atoms with E-state index in [9.17, 15) is 0 Å². The quantitative estimate of drug-likeness (QED) is 0.397. The molecule has 0 bridgehead atoms. The Kier molecular flexibility index (Phi) is 6.16. The van der Waals surface area contributed by atoms with Gasteiger partial charge in [-0.1, -0.05) is 30.4 Å². The second-order valence-electron chi connectivity index (χ2n) is 3.95. The van der Waals surface area contributed by atoms with Crippen molar-refractivity contribution in [1.29, 1.82) is 0 Å². The molecule has 0 atom stereocenters. The average Bonchev–Trinajstić information content (AvgIpc) is 2.14. The molecule has 0 rings (SSSR count). The minimum absolute atomic E-state index is 0.588. The van der Waals surface area contributed by atoms with Crippen molar-refractivity contribution in [2.75, 3.05) is 7.11 Å². The third-order valence-corrected chi connectivity index (χ3v) is 1.79. The lowest BCUT2D eigenvalue weighted by atomic mass is 10.1. The molecule has 0 spiro atoms. The summed E-state index contributed by atoms with van der Waals surface area (Å²) in [4.78, 5) is 4.26. The van der Waals surface area contributed by atoms with Crippen LogP contribution in [0.1, 0.15) is 27.7 Å². The predicted octanol–water partition coefficient (Wildman–Crippen LogP) is 4.03. The Morgan fingerprint density at radius 2 is 1.62 bits per heavy atom. The van der Waals surface area contributed by atoms with Gasteiger partial charge in [0, 0.05) is 11.3 Å². The molecule has 0 saturated carbocycles. The van der Waals surface area contributed by atoms with Crippen molar-refractivity contribution in [3.8, 4) is 0 Å². The summed E-state index contributed by atoms with van der Waals surface area (Å²) in [6, 6.07) is 0. The zero-order chi connectivity index (χ0) is 12.7. The summed E-state index contributed by atoms with van der Waals surface area (Å²) in [6.45, 7) is 15.4. The van der Waals surface area contributed by atoms with Gasteiger partial charge < -0.3 is 4.74 Å². The molecule has 88 valence electrons. The van der Waals surface area contributed by atoms with Crippen LogP contribution in [0.3, 0.4) is 0 Å². The van der Waals surface area contributed by atoms with Gasteiger partial charge in [0.25, 0.3) is 0 Å². The maximum Gasteiger partial charge on any atom is 0.220 e. The van der Waals surface area contributed by atoms with E-state index in [1.807, 2.05) is 39.8 Å². The van der Waals surface area contributed by atoms with Crippen LogP contribution in [0, 0.1) is 0 Å². The normalized spacial score (nSPS) is 11.4. The molecule has 16 heavy (non-hydrogen) atoms. The Balaban J connectivity index is 5.30. The summed E-state index contributed by atoms with van der Waals surface area (Å²) in [5.74, 6) is 0.588. The highest BCUT2D eigenvalue weighted by atomic mass is 16.5. The number of nitrogens with zero attached hydrogens (tertiary/aromatic N) is 1. The average molecular weight is 219 g/mol. The highest BCUT2D eigenvalue weighted by molar-refractivity contribution is 5.97. The Morgan fingerprint density at radius 1 is 1.06 bits per heavy atom. The first-order valence-corrected chi connectivity index (χ1v) is 5.18. The lowest BCUT2D eigenvalue weighted by Gasteiger charge is -2.08. The SMILES string of the molecule is C=C(C)/C=C\C(=C(C)C)/C(=N\C(=C)C)OC. The molecule has 0 N–H and O–H groups in total. The Labute approximate surface area is 98.7 Å². The Hall–Kier alpha value is -1.57. The van der Waals surface area contributed by atoms with E-state index in [-0.39, 0.29) is 0 Å². The molecule has 0 aromatic heterocycles. The third-order valence-electron chi connectivity index (χ3n) is 1.79. The van der Waals surface area contributed by atoms with E-state index in [0.29, 0.717) is 5.90 Å². The largest absolute Gasteiger partial charge is 0.481 e. The van der Waals surface area contributed by atoms with Crippen LogP contribution >= 0.6 is 0 Å². The summed E-state index contributed by atoms with van der Waals surface area (Å²) < 4.78 is 5.27. The molecular weight excluding hydrogens is 198 g/mol. The van der Waals surface area contributed by atoms with Gasteiger partial charge in [0.2, 0.25) is 5.90 Å². The molecule has 0 aromatic rings. The van der Waals surface area contributed by atoms with Crippen LogP contribution in [0.2, 0.25) is 0 Å². The minimum atomic E-state index is 0.588. The second-order valence-corrected chi connectivity index (χ2v) is 3.95. The molecule has 2 heteroatoms. The summed E-state index contributed by atoms with van der Waals surface area (Å²) >= 11 is 0. The molecule has 0 saturated heterocycles. The van der Waals surface area contributed by atoms with Crippen LogP contribution in [-0.2, 0) is 4.74 Å². The highest BCUT2D eigenvalue weighted by Crippen LogP contribution is 2.11. The van der Waals surface area contributed by atoms with Gasteiger partial charge in [-0.15, -0.1) is 0 Å². The number of hydrogen-bond acceptors (Lipinski definition) is 2. The summed E-state index contributed by atoms with van der Waals surface area (Å²) in [6.07, 6.45) is 3.90. The van der Waals surface area contributed by atoms with Crippen LogP contribution in [-0.4, -0.2) is 13.0 Å². The zero-order valence-electron chi connectivity index (χ0n) is 10.9. The fourth-order valence-electron chi connectivity index (χ4n) is 1.07. The van der Waals surface area contributed by atoms with Gasteiger partial charge in [-0.3, -0.25) is 0 Å².